The summed E-state index contributed by atoms with van der Waals surface area (Å²) in [4.78, 5) is 23.6. The molecule has 0 saturated heterocycles. The summed E-state index contributed by atoms with van der Waals surface area (Å²) in [5.41, 5.74) is 6.31. The van der Waals surface area contributed by atoms with E-state index in [0.717, 1.165) is 4.90 Å². The van der Waals surface area contributed by atoms with E-state index in [0.29, 0.717) is 11.3 Å². The van der Waals surface area contributed by atoms with Crippen LogP contribution in [0.15, 0.2) is 59.5 Å². The molecule has 0 unspecified atom stereocenters. The molecule has 0 fully saturated rings. The largest absolute Gasteiger partial charge is 0.369 e. The van der Waals surface area contributed by atoms with Gasteiger partial charge in [-0.05, 0) is 35.9 Å². The van der Waals surface area contributed by atoms with E-state index >= 15 is 0 Å². The first-order valence-corrected chi connectivity index (χ1v) is 7.78. The number of rotatable bonds is 6. The van der Waals surface area contributed by atoms with Gasteiger partial charge in [0.25, 0.3) is 0 Å². The van der Waals surface area contributed by atoms with E-state index in [4.69, 9.17) is 5.73 Å². The molecule has 0 spiro atoms. The summed E-state index contributed by atoms with van der Waals surface area (Å²) in [6, 6.07) is 13.1. The van der Waals surface area contributed by atoms with E-state index in [-0.39, 0.29) is 17.5 Å². The van der Waals surface area contributed by atoms with Gasteiger partial charge in [-0.25, -0.2) is 4.39 Å². The topological polar surface area (TPSA) is 72.2 Å². The van der Waals surface area contributed by atoms with Crippen LogP contribution in [0.1, 0.15) is 5.56 Å². The third-order valence-electron chi connectivity index (χ3n) is 2.79. The van der Waals surface area contributed by atoms with Crippen LogP contribution in [-0.2, 0) is 9.59 Å². The number of carbonyl (C=O) groups is 2. The van der Waals surface area contributed by atoms with Gasteiger partial charge in [-0.1, -0.05) is 24.3 Å². The van der Waals surface area contributed by atoms with Gasteiger partial charge in [-0.15, -0.1) is 11.8 Å². The van der Waals surface area contributed by atoms with Crippen molar-refractivity contribution in [3.05, 3.63) is 66.0 Å². The van der Waals surface area contributed by atoms with Gasteiger partial charge >= 0.3 is 0 Å². The Kier molecular flexibility index (Phi) is 5.94. The lowest BCUT2D eigenvalue weighted by atomic mass is 10.2. The standard InChI is InChI=1S/C17H15FN2O2S/c18-13-5-3-4-12(10-13)8-9-17(22)20-14-6-1-2-7-15(14)23-11-16(19)21/h1-10H,11H2,(H2,19,21)(H,20,22). The van der Waals surface area contributed by atoms with Gasteiger partial charge in [0.15, 0.2) is 0 Å². The zero-order valence-corrected chi connectivity index (χ0v) is 13.0. The lowest BCUT2D eigenvalue weighted by Gasteiger charge is -2.08. The Morgan fingerprint density at radius 3 is 2.70 bits per heavy atom. The minimum Gasteiger partial charge on any atom is -0.369 e. The summed E-state index contributed by atoms with van der Waals surface area (Å²) in [7, 11) is 0. The molecule has 0 atom stereocenters. The van der Waals surface area contributed by atoms with Crippen LogP contribution in [-0.4, -0.2) is 17.6 Å². The van der Waals surface area contributed by atoms with Crippen LogP contribution in [0.2, 0.25) is 0 Å². The number of halogens is 1. The molecule has 2 rings (SSSR count). The van der Waals surface area contributed by atoms with Crippen molar-refractivity contribution in [3.8, 4) is 0 Å². The molecular weight excluding hydrogens is 315 g/mol. The number of carbonyl (C=O) groups excluding carboxylic acids is 2. The number of hydrogen-bond acceptors (Lipinski definition) is 3. The van der Waals surface area contributed by atoms with Gasteiger partial charge in [0.1, 0.15) is 5.82 Å². The molecule has 0 heterocycles. The Labute approximate surface area is 137 Å². The van der Waals surface area contributed by atoms with Crippen molar-refractivity contribution in [2.45, 2.75) is 4.90 Å². The quantitative estimate of drug-likeness (QED) is 0.631. The maximum Gasteiger partial charge on any atom is 0.248 e. The number of amides is 2. The molecule has 0 aliphatic carbocycles. The Balaban J connectivity index is 2.04. The van der Waals surface area contributed by atoms with Crippen LogP contribution in [0.5, 0.6) is 0 Å². The summed E-state index contributed by atoms with van der Waals surface area (Å²) in [5.74, 6) is -1.00. The molecular formula is C17H15FN2O2S. The highest BCUT2D eigenvalue weighted by Gasteiger charge is 2.06. The van der Waals surface area contributed by atoms with Gasteiger partial charge in [0.05, 0.1) is 11.4 Å². The Bertz CT molecular complexity index is 747. The van der Waals surface area contributed by atoms with Gasteiger partial charge in [-0.3, -0.25) is 9.59 Å². The van der Waals surface area contributed by atoms with E-state index < -0.39 is 5.91 Å². The molecule has 2 aromatic rings. The Morgan fingerprint density at radius 1 is 1.17 bits per heavy atom. The summed E-state index contributed by atoms with van der Waals surface area (Å²) in [5, 5.41) is 2.73. The molecule has 23 heavy (non-hydrogen) atoms. The Hall–Kier alpha value is -2.60. The lowest BCUT2D eigenvalue weighted by Crippen LogP contribution is -2.13. The van der Waals surface area contributed by atoms with Crippen LogP contribution in [0.4, 0.5) is 10.1 Å². The molecule has 0 saturated carbocycles. The highest BCUT2D eigenvalue weighted by atomic mass is 32.2. The van der Waals surface area contributed by atoms with E-state index in [1.165, 1.54) is 36.0 Å². The second-order valence-electron chi connectivity index (χ2n) is 4.63. The average Bonchev–Trinajstić information content (AvgIpc) is 2.52. The first kappa shape index (κ1) is 16.8. The van der Waals surface area contributed by atoms with E-state index in [1.54, 1.807) is 30.3 Å². The predicted molar refractivity (Wildman–Crippen MR) is 90.4 cm³/mol. The SMILES string of the molecule is NC(=O)CSc1ccccc1NC(=O)C=Cc1cccc(F)c1. The summed E-state index contributed by atoms with van der Waals surface area (Å²) in [6.07, 6.45) is 2.85. The number of primary amides is 1. The smallest absolute Gasteiger partial charge is 0.248 e. The van der Waals surface area contributed by atoms with Gasteiger partial charge < -0.3 is 11.1 Å². The molecule has 2 aromatic carbocycles. The van der Waals surface area contributed by atoms with Crippen LogP contribution in [0.25, 0.3) is 6.08 Å². The van der Waals surface area contributed by atoms with Crippen molar-refractivity contribution in [1.29, 1.82) is 0 Å². The summed E-state index contributed by atoms with van der Waals surface area (Å²) < 4.78 is 13.1. The van der Waals surface area contributed by atoms with Crippen LogP contribution < -0.4 is 11.1 Å². The lowest BCUT2D eigenvalue weighted by molar-refractivity contribution is -0.115. The van der Waals surface area contributed by atoms with Gasteiger partial charge in [-0.2, -0.15) is 0 Å². The van der Waals surface area contributed by atoms with Gasteiger partial charge in [0.2, 0.25) is 11.8 Å². The maximum absolute atomic E-state index is 13.1. The van der Waals surface area contributed by atoms with Crippen LogP contribution >= 0.6 is 11.8 Å². The van der Waals surface area contributed by atoms with Crippen molar-refractivity contribution in [3.63, 3.8) is 0 Å². The number of benzene rings is 2. The fraction of sp³-hybridized carbons (Fsp3) is 0.0588. The van der Waals surface area contributed by atoms with Crippen molar-refractivity contribution in [2.24, 2.45) is 5.73 Å². The second kappa shape index (κ2) is 8.14. The van der Waals surface area contributed by atoms with Crippen LogP contribution in [0, 0.1) is 5.82 Å². The van der Waals surface area contributed by atoms with E-state index in [2.05, 4.69) is 5.32 Å². The number of para-hydroxylation sites is 1. The first-order chi connectivity index (χ1) is 11.0. The first-order valence-electron chi connectivity index (χ1n) is 6.79. The molecule has 0 bridgehead atoms. The molecule has 0 radical (unpaired) electrons. The highest BCUT2D eigenvalue weighted by Crippen LogP contribution is 2.26. The third-order valence-corrected chi connectivity index (χ3v) is 3.89. The third kappa shape index (κ3) is 5.60. The molecule has 4 nitrogen and oxygen atoms in total. The number of thioether (sulfide) groups is 1. The minimum atomic E-state index is -0.429. The zero-order chi connectivity index (χ0) is 16.7. The van der Waals surface area contributed by atoms with Crippen molar-refractivity contribution in [2.75, 3.05) is 11.1 Å². The maximum atomic E-state index is 13.1. The average molecular weight is 330 g/mol. The van der Waals surface area contributed by atoms with Gasteiger partial charge in [0, 0.05) is 11.0 Å². The fourth-order valence-corrected chi connectivity index (χ4v) is 2.55. The van der Waals surface area contributed by atoms with Crippen molar-refractivity contribution < 1.29 is 14.0 Å². The molecule has 118 valence electrons. The summed E-state index contributed by atoms with van der Waals surface area (Å²) >= 11 is 1.25. The number of hydrogen-bond donors (Lipinski definition) is 2. The monoisotopic (exact) mass is 330 g/mol. The molecule has 3 N–H and O–H groups in total. The minimum absolute atomic E-state index is 0.131. The number of nitrogens with two attached hydrogens (primary N) is 1. The van der Waals surface area contributed by atoms with Crippen molar-refractivity contribution in [1.82, 2.24) is 0 Å². The number of anilines is 1. The molecule has 2 amide bonds. The molecule has 6 heteroatoms. The predicted octanol–water partition coefficient (Wildman–Crippen LogP) is 3.06. The Morgan fingerprint density at radius 2 is 1.96 bits per heavy atom. The molecule has 0 aliphatic rings. The van der Waals surface area contributed by atoms with E-state index in [1.807, 2.05) is 6.07 Å². The number of nitrogens with one attached hydrogen (secondary N) is 1. The second-order valence-corrected chi connectivity index (χ2v) is 5.65. The van der Waals surface area contributed by atoms with E-state index in [9.17, 15) is 14.0 Å². The fourth-order valence-electron chi connectivity index (χ4n) is 1.80. The molecule has 0 aromatic heterocycles. The van der Waals surface area contributed by atoms with Crippen molar-refractivity contribution >= 4 is 35.3 Å². The molecule has 0 aliphatic heterocycles. The zero-order valence-electron chi connectivity index (χ0n) is 12.2. The van der Waals surface area contributed by atoms with Crippen LogP contribution in [0.3, 0.4) is 0 Å². The summed E-state index contributed by atoms with van der Waals surface area (Å²) in [6.45, 7) is 0. The normalized spacial score (nSPS) is 10.7. The highest BCUT2D eigenvalue weighted by molar-refractivity contribution is 8.00.